The van der Waals surface area contributed by atoms with E-state index >= 15 is 0 Å². The third-order valence-electron chi connectivity index (χ3n) is 2.90. The predicted molar refractivity (Wildman–Crippen MR) is 69.3 cm³/mol. The van der Waals surface area contributed by atoms with E-state index in [0.29, 0.717) is 17.1 Å². The van der Waals surface area contributed by atoms with Crippen LogP contribution in [-0.2, 0) is 0 Å². The van der Waals surface area contributed by atoms with Crippen molar-refractivity contribution in [1.82, 2.24) is 30.5 Å². The van der Waals surface area contributed by atoms with Crippen LogP contribution in [0.2, 0.25) is 0 Å². The molecule has 0 radical (unpaired) electrons. The lowest BCUT2D eigenvalue weighted by molar-refractivity contribution is 0.0649. The fourth-order valence-corrected chi connectivity index (χ4v) is 1.41. The molecule has 0 atom stereocenters. The number of H-pyrrole nitrogens is 1. The van der Waals surface area contributed by atoms with Crippen LogP contribution < -0.4 is 0 Å². The van der Waals surface area contributed by atoms with Gasteiger partial charge in [0, 0.05) is 24.3 Å². The Labute approximate surface area is 111 Å². The third-order valence-corrected chi connectivity index (χ3v) is 2.90. The van der Waals surface area contributed by atoms with Crippen LogP contribution in [0.3, 0.4) is 0 Å². The summed E-state index contributed by atoms with van der Waals surface area (Å²) < 4.78 is 0. The zero-order valence-corrected chi connectivity index (χ0v) is 11.4. The van der Waals surface area contributed by atoms with Crippen LogP contribution in [0.15, 0.2) is 18.3 Å². The Morgan fingerprint density at radius 1 is 1.32 bits per heavy atom. The molecule has 0 aromatic carbocycles. The van der Waals surface area contributed by atoms with Gasteiger partial charge in [0.25, 0.3) is 5.91 Å². The fraction of sp³-hybridized carbons (Fsp3) is 0.417. The van der Waals surface area contributed by atoms with Gasteiger partial charge >= 0.3 is 0 Å². The van der Waals surface area contributed by atoms with E-state index in [2.05, 4.69) is 25.6 Å². The van der Waals surface area contributed by atoms with Gasteiger partial charge in [0.15, 0.2) is 0 Å². The number of aromatic amines is 1. The highest BCUT2D eigenvalue weighted by atomic mass is 16.2. The van der Waals surface area contributed by atoms with Gasteiger partial charge in [-0.2, -0.15) is 5.21 Å². The molecule has 2 aromatic heterocycles. The van der Waals surface area contributed by atoms with Crippen molar-refractivity contribution < 1.29 is 4.79 Å². The van der Waals surface area contributed by atoms with Crippen LogP contribution in [0.5, 0.6) is 0 Å². The summed E-state index contributed by atoms with van der Waals surface area (Å²) in [5.41, 5.74) is 0.860. The average molecular weight is 260 g/mol. The molecular weight excluding hydrogens is 244 g/mol. The first-order chi connectivity index (χ1) is 8.89. The molecule has 19 heavy (non-hydrogen) atoms. The number of amides is 1. The molecule has 0 aliphatic carbocycles. The number of hydrogen-bond donors (Lipinski definition) is 1. The fourth-order valence-electron chi connectivity index (χ4n) is 1.41. The highest BCUT2D eigenvalue weighted by Crippen LogP contribution is 2.16. The Hall–Kier alpha value is -2.31. The second kappa shape index (κ2) is 4.75. The molecule has 0 bridgehead atoms. The first kappa shape index (κ1) is 13.1. The summed E-state index contributed by atoms with van der Waals surface area (Å²) in [6.07, 6.45) is 1.56. The zero-order valence-electron chi connectivity index (χ0n) is 11.4. The minimum Gasteiger partial charge on any atom is -0.336 e. The van der Waals surface area contributed by atoms with Crippen LogP contribution in [0, 0.1) is 0 Å². The molecule has 0 saturated carbocycles. The number of aromatic nitrogens is 5. The summed E-state index contributed by atoms with van der Waals surface area (Å²) in [6, 6.07) is 3.41. The molecule has 0 aliphatic heterocycles. The minimum atomic E-state index is -0.245. The number of carbonyl (C=O) groups is 1. The molecule has 0 saturated heterocycles. The van der Waals surface area contributed by atoms with E-state index in [-0.39, 0.29) is 11.4 Å². The van der Waals surface area contributed by atoms with Gasteiger partial charge in [0.05, 0.1) is 0 Å². The number of carbonyl (C=O) groups excluding carboxylic acids is 1. The lowest BCUT2D eigenvalue weighted by Crippen LogP contribution is -2.42. The highest BCUT2D eigenvalue weighted by molar-refractivity contribution is 5.92. The molecule has 0 spiro atoms. The normalized spacial score (nSPS) is 11.4. The van der Waals surface area contributed by atoms with Gasteiger partial charge in [-0.15, -0.1) is 10.2 Å². The Morgan fingerprint density at radius 2 is 2.05 bits per heavy atom. The van der Waals surface area contributed by atoms with E-state index in [4.69, 9.17) is 0 Å². The molecule has 7 nitrogen and oxygen atoms in total. The first-order valence-corrected chi connectivity index (χ1v) is 5.87. The van der Waals surface area contributed by atoms with E-state index in [1.54, 1.807) is 30.3 Å². The van der Waals surface area contributed by atoms with Gasteiger partial charge in [-0.1, -0.05) is 0 Å². The molecule has 2 rings (SSSR count). The van der Waals surface area contributed by atoms with Crippen molar-refractivity contribution in [1.29, 1.82) is 0 Å². The summed E-state index contributed by atoms with van der Waals surface area (Å²) in [4.78, 5) is 18.0. The van der Waals surface area contributed by atoms with E-state index in [0.717, 1.165) is 0 Å². The lowest BCUT2D eigenvalue weighted by Gasteiger charge is -2.31. The van der Waals surface area contributed by atoms with Gasteiger partial charge < -0.3 is 4.90 Å². The highest BCUT2D eigenvalue weighted by Gasteiger charge is 2.24. The number of nitrogens with one attached hydrogen (secondary N) is 1. The molecule has 0 unspecified atom stereocenters. The summed E-state index contributed by atoms with van der Waals surface area (Å²) >= 11 is 0. The van der Waals surface area contributed by atoms with Crippen LogP contribution in [0.25, 0.3) is 11.4 Å². The van der Waals surface area contributed by atoms with Crippen molar-refractivity contribution in [2.24, 2.45) is 0 Å². The summed E-state index contributed by atoms with van der Waals surface area (Å²) in [5, 5.41) is 13.6. The lowest BCUT2D eigenvalue weighted by atomic mass is 10.1. The molecule has 7 heteroatoms. The van der Waals surface area contributed by atoms with Crippen molar-refractivity contribution in [3.63, 3.8) is 0 Å². The molecule has 1 N–H and O–H groups in total. The minimum absolute atomic E-state index is 0.118. The van der Waals surface area contributed by atoms with Crippen LogP contribution >= 0.6 is 0 Å². The third kappa shape index (κ3) is 2.75. The molecular formula is C12H16N6O. The standard InChI is InChI=1S/C12H16N6O/c1-12(2,3)18(4)11(19)9-6-5-8(7-13-9)10-14-16-17-15-10/h5-7H,1-4H3,(H,14,15,16,17). The van der Waals surface area contributed by atoms with Crippen LogP contribution in [0.4, 0.5) is 0 Å². The largest absolute Gasteiger partial charge is 0.336 e. The van der Waals surface area contributed by atoms with Gasteiger partial charge in [0.2, 0.25) is 5.82 Å². The maximum absolute atomic E-state index is 12.2. The molecule has 2 aromatic rings. The van der Waals surface area contributed by atoms with Crippen LogP contribution in [-0.4, -0.2) is 49.0 Å². The molecule has 100 valence electrons. The van der Waals surface area contributed by atoms with Gasteiger partial charge in [-0.3, -0.25) is 9.78 Å². The SMILES string of the molecule is CN(C(=O)c1ccc(-c2nn[nH]n2)cn1)C(C)(C)C. The Morgan fingerprint density at radius 3 is 2.53 bits per heavy atom. The summed E-state index contributed by atoms with van der Waals surface area (Å²) in [6.45, 7) is 5.91. The molecule has 2 heterocycles. The maximum Gasteiger partial charge on any atom is 0.272 e. The van der Waals surface area contributed by atoms with Crippen LogP contribution in [0.1, 0.15) is 31.3 Å². The van der Waals surface area contributed by atoms with E-state index in [9.17, 15) is 4.79 Å². The van der Waals surface area contributed by atoms with Crippen molar-refractivity contribution in [2.45, 2.75) is 26.3 Å². The number of pyridine rings is 1. The smallest absolute Gasteiger partial charge is 0.272 e. The monoisotopic (exact) mass is 260 g/mol. The number of nitrogens with zero attached hydrogens (tertiary/aromatic N) is 5. The Kier molecular flexibility index (Phi) is 3.28. The molecule has 1 amide bonds. The average Bonchev–Trinajstić information content (AvgIpc) is 2.90. The van der Waals surface area contributed by atoms with Gasteiger partial charge in [-0.05, 0) is 38.1 Å². The van der Waals surface area contributed by atoms with E-state index < -0.39 is 0 Å². The topological polar surface area (TPSA) is 87.7 Å². The number of hydrogen-bond acceptors (Lipinski definition) is 5. The summed E-state index contributed by atoms with van der Waals surface area (Å²) in [5.74, 6) is 0.336. The number of tetrazole rings is 1. The maximum atomic E-state index is 12.2. The predicted octanol–water partition coefficient (Wildman–Crippen LogP) is 1.13. The van der Waals surface area contributed by atoms with Crippen molar-refractivity contribution in [2.75, 3.05) is 7.05 Å². The van der Waals surface area contributed by atoms with E-state index in [1.165, 1.54) is 0 Å². The van der Waals surface area contributed by atoms with Gasteiger partial charge in [0.1, 0.15) is 5.69 Å². The molecule has 0 aliphatic rings. The summed E-state index contributed by atoms with van der Waals surface area (Å²) in [7, 11) is 1.76. The van der Waals surface area contributed by atoms with Crippen molar-refractivity contribution >= 4 is 5.91 Å². The number of rotatable bonds is 2. The Bertz CT molecular complexity index is 555. The quantitative estimate of drug-likeness (QED) is 0.874. The van der Waals surface area contributed by atoms with Crippen molar-refractivity contribution in [3.05, 3.63) is 24.0 Å². The Balaban J connectivity index is 2.22. The van der Waals surface area contributed by atoms with E-state index in [1.807, 2.05) is 20.8 Å². The second-order valence-electron chi connectivity index (χ2n) is 5.20. The zero-order chi connectivity index (χ0) is 14.0. The molecule has 0 fully saturated rings. The second-order valence-corrected chi connectivity index (χ2v) is 5.20. The first-order valence-electron chi connectivity index (χ1n) is 5.87. The van der Waals surface area contributed by atoms with Crippen molar-refractivity contribution in [3.8, 4) is 11.4 Å². The van der Waals surface area contributed by atoms with Gasteiger partial charge in [-0.25, -0.2) is 0 Å².